The quantitative estimate of drug-likeness (QED) is 0.146. The second-order valence-electron chi connectivity index (χ2n) is 25.7. The summed E-state index contributed by atoms with van der Waals surface area (Å²) < 4.78 is 4.87. The zero-order chi connectivity index (χ0) is 61.8. The molecule has 2 aliphatic rings. The number of nitrogens with zero attached hydrogens (tertiary/aromatic N) is 4. The SMILES string of the molecule is CC1(C)c2ccccc2-c2c1c1cc(N(c3ccccc3)c3ccc4c5ccccc5c5ccccc5c4c3)ccc1n2-c1ccccc1.CC1(C)c2ccccc2-c2c1c1cc(N(c3ccccc3)c3cccc4ccccc34)ccc1n2-c1cccc(CO)c1. The molecule has 0 amide bonds. The number of rotatable bonds is 9. The van der Waals surface area contributed by atoms with E-state index in [1.54, 1.807) is 0 Å². The predicted octanol–water partition coefficient (Wildman–Crippen LogP) is 22.9. The first kappa shape index (κ1) is 54.9. The smallest absolute Gasteiger partial charge is 0.0682 e. The van der Waals surface area contributed by atoms with E-state index in [4.69, 9.17) is 0 Å². The predicted molar refractivity (Wildman–Crippen MR) is 387 cm³/mol. The lowest BCUT2D eigenvalue weighted by atomic mass is 9.81. The maximum Gasteiger partial charge on any atom is 0.0682 e. The van der Waals surface area contributed by atoms with Gasteiger partial charge in [0.2, 0.25) is 0 Å². The average molecular weight is 1180 g/mol. The molecule has 14 aromatic carbocycles. The number of aliphatic hydroxyl groups excluding tert-OH is 1. The van der Waals surface area contributed by atoms with Crippen LogP contribution in [0.2, 0.25) is 0 Å². The van der Waals surface area contributed by atoms with Gasteiger partial charge in [0.25, 0.3) is 0 Å². The highest BCUT2D eigenvalue weighted by Gasteiger charge is 2.42. The monoisotopic (exact) mass is 1180 g/mol. The van der Waals surface area contributed by atoms with Gasteiger partial charge in [0, 0.05) is 77.9 Å². The Morgan fingerprint density at radius 1 is 0.304 bits per heavy atom. The van der Waals surface area contributed by atoms with Crippen molar-refractivity contribution in [3.63, 3.8) is 0 Å². The van der Waals surface area contributed by atoms with Crippen LogP contribution in [0.25, 0.3) is 98.8 Å². The summed E-state index contributed by atoms with van der Waals surface area (Å²) in [7, 11) is 0. The maximum absolute atomic E-state index is 9.98. The first-order chi connectivity index (χ1) is 45.2. The first-order valence-electron chi connectivity index (χ1n) is 32.0. The Kier molecular flexibility index (Phi) is 12.8. The van der Waals surface area contributed by atoms with E-state index in [-0.39, 0.29) is 17.4 Å². The third-order valence-corrected chi connectivity index (χ3v) is 19.8. The molecule has 0 radical (unpaired) electrons. The zero-order valence-electron chi connectivity index (χ0n) is 51.9. The van der Waals surface area contributed by atoms with E-state index in [2.05, 4.69) is 344 Å². The first-order valence-corrected chi connectivity index (χ1v) is 32.0. The highest BCUT2D eigenvalue weighted by atomic mass is 16.3. The normalized spacial score (nSPS) is 13.3. The summed E-state index contributed by atoms with van der Waals surface area (Å²) in [5, 5.41) is 22.6. The molecule has 92 heavy (non-hydrogen) atoms. The highest BCUT2D eigenvalue weighted by Crippen LogP contribution is 2.57. The third-order valence-electron chi connectivity index (χ3n) is 19.8. The van der Waals surface area contributed by atoms with E-state index in [9.17, 15) is 5.11 Å². The Morgan fingerprint density at radius 3 is 1.27 bits per heavy atom. The highest BCUT2D eigenvalue weighted by molar-refractivity contribution is 6.26. The van der Waals surface area contributed by atoms with Crippen LogP contribution in [0, 0.1) is 0 Å². The van der Waals surface area contributed by atoms with Crippen LogP contribution in [0.15, 0.2) is 309 Å². The second kappa shape index (κ2) is 21.5. The summed E-state index contributed by atoms with van der Waals surface area (Å²) in [5.41, 5.74) is 22.6. The molecule has 0 bridgehead atoms. The molecule has 0 saturated heterocycles. The van der Waals surface area contributed by atoms with Crippen molar-refractivity contribution in [1.29, 1.82) is 0 Å². The maximum atomic E-state index is 9.98. The van der Waals surface area contributed by atoms with Gasteiger partial charge in [0.05, 0.1) is 34.7 Å². The largest absolute Gasteiger partial charge is 0.392 e. The molecule has 16 aromatic rings. The lowest BCUT2D eigenvalue weighted by Crippen LogP contribution is -2.15. The minimum Gasteiger partial charge on any atom is -0.392 e. The number of hydrogen-bond acceptors (Lipinski definition) is 3. The van der Waals surface area contributed by atoms with Crippen molar-refractivity contribution in [1.82, 2.24) is 9.13 Å². The van der Waals surface area contributed by atoms with Gasteiger partial charge in [-0.2, -0.15) is 0 Å². The summed E-state index contributed by atoms with van der Waals surface area (Å²) in [6.07, 6.45) is 0. The Morgan fingerprint density at radius 2 is 0.707 bits per heavy atom. The fraction of sp³-hybridized carbons (Fsp3) is 0.0805. The molecule has 5 nitrogen and oxygen atoms in total. The van der Waals surface area contributed by atoms with Crippen molar-refractivity contribution in [2.24, 2.45) is 0 Å². The third kappa shape index (κ3) is 8.50. The van der Waals surface area contributed by atoms with E-state index in [0.717, 1.165) is 50.9 Å². The summed E-state index contributed by atoms with van der Waals surface area (Å²) in [4.78, 5) is 4.80. The lowest BCUT2D eigenvalue weighted by molar-refractivity contribution is 0.282. The number of fused-ring (bicyclic) bond motifs is 17. The van der Waals surface area contributed by atoms with Crippen molar-refractivity contribution in [3.8, 4) is 33.9 Å². The zero-order valence-corrected chi connectivity index (χ0v) is 51.9. The number of aliphatic hydroxyl groups is 1. The van der Waals surface area contributed by atoms with E-state index in [0.29, 0.717) is 0 Å². The topological polar surface area (TPSA) is 36.6 Å². The van der Waals surface area contributed by atoms with Gasteiger partial charge in [-0.05, 0) is 169 Å². The van der Waals surface area contributed by atoms with Gasteiger partial charge in [-0.1, -0.05) is 234 Å². The van der Waals surface area contributed by atoms with Crippen LogP contribution in [0.3, 0.4) is 0 Å². The molecule has 2 aliphatic carbocycles. The fourth-order valence-electron chi connectivity index (χ4n) is 15.7. The molecule has 2 aromatic heterocycles. The average Bonchev–Trinajstić information content (AvgIpc) is 1.54. The Bertz CT molecular complexity index is 5540. The lowest BCUT2D eigenvalue weighted by Gasteiger charge is -2.27. The van der Waals surface area contributed by atoms with Gasteiger partial charge in [-0.3, -0.25) is 0 Å². The standard InChI is InChI=1S/C47H34N2.C40H32N2O/c1-47(2)43-24-14-13-23-40(43)46-45(47)42-30-34(26-28-44(42)49(46)32-17-7-4-8-18-32)48(31-15-5-3-6-16-31)33-25-27-39-37-21-10-9-19-35(37)36-20-11-12-22-38(36)41(39)29-33;1-40(2)35-20-9-8-19-33(35)39-38(40)34-25-31(22-23-37(34)42(39)30-17-10-12-27(24-30)26-43)41(29-15-4-3-5-16-29)36-21-11-14-28-13-6-7-18-32(28)36/h3-30H,1-2H3;3-25,43H,26H2,1-2H3. The second-order valence-corrected chi connectivity index (χ2v) is 25.7. The van der Waals surface area contributed by atoms with Crippen molar-refractivity contribution in [3.05, 3.63) is 337 Å². The molecular weight excluding hydrogens is 1120 g/mol. The van der Waals surface area contributed by atoms with Crippen molar-refractivity contribution in [2.75, 3.05) is 9.80 Å². The fourth-order valence-corrected chi connectivity index (χ4v) is 15.7. The number of aromatic nitrogens is 2. The Hall–Kier alpha value is -11.2. The Labute approximate surface area is 536 Å². The van der Waals surface area contributed by atoms with Crippen LogP contribution in [0.5, 0.6) is 0 Å². The van der Waals surface area contributed by atoms with Crippen LogP contribution < -0.4 is 9.80 Å². The molecule has 0 aliphatic heterocycles. The molecule has 0 saturated carbocycles. The van der Waals surface area contributed by atoms with Crippen molar-refractivity contribution in [2.45, 2.75) is 45.1 Å². The summed E-state index contributed by atoms with van der Waals surface area (Å²) in [6.45, 7) is 9.47. The van der Waals surface area contributed by atoms with Gasteiger partial charge in [0.15, 0.2) is 0 Å². The van der Waals surface area contributed by atoms with E-state index >= 15 is 0 Å². The minimum atomic E-state index is -0.181. The molecular formula is C87H66N4O. The summed E-state index contributed by atoms with van der Waals surface area (Å²) in [6, 6.07) is 112. The van der Waals surface area contributed by atoms with Gasteiger partial charge in [0.1, 0.15) is 0 Å². The number of hydrogen-bond donors (Lipinski definition) is 1. The van der Waals surface area contributed by atoms with Gasteiger partial charge in [-0.15, -0.1) is 0 Å². The van der Waals surface area contributed by atoms with Gasteiger partial charge >= 0.3 is 0 Å². The minimum absolute atomic E-state index is 0.0124. The number of benzene rings is 14. The van der Waals surface area contributed by atoms with Crippen molar-refractivity contribution < 1.29 is 5.11 Å². The number of anilines is 6. The molecule has 2 heterocycles. The molecule has 0 unspecified atom stereocenters. The number of para-hydroxylation sites is 3. The summed E-state index contributed by atoms with van der Waals surface area (Å²) in [5.74, 6) is 0. The van der Waals surface area contributed by atoms with E-state index < -0.39 is 0 Å². The van der Waals surface area contributed by atoms with E-state index in [1.807, 2.05) is 12.1 Å². The molecule has 18 rings (SSSR count). The van der Waals surface area contributed by atoms with Crippen LogP contribution in [-0.2, 0) is 17.4 Å². The van der Waals surface area contributed by atoms with Gasteiger partial charge < -0.3 is 24.0 Å². The van der Waals surface area contributed by atoms with Crippen LogP contribution >= 0.6 is 0 Å². The molecule has 1 N–H and O–H groups in total. The van der Waals surface area contributed by atoms with Crippen LogP contribution in [0.4, 0.5) is 34.1 Å². The molecule has 440 valence electrons. The summed E-state index contributed by atoms with van der Waals surface area (Å²) >= 11 is 0. The molecule has 0 fully saturated rings. The molecule has 0 atom stereocenters. The van der Waals surface area contributed by atoms with Gasteiger partial charge in [-0.25, -0.2) is 0 Å². The van der Waals surface area contributed by atoms with E-state index in [1.165, 1.54) is 110 Å². The van der Waals surface area contributed by atoms with Crippen molar-refractivity contribution >= 4 is 99.0 Å². The molecule has 5 heteroatoms. The van der Waals surface area contributed by atoms with Crippen LogP contribution in [0.1, 0.15) is 55.5 Å². The Balaban J connectivity index is 0.000000142. The molecule has 0 spiro atoms. The van der Waals surface area contributed by atoms with Crippen LogP contribution in [-0.4, -0.2) is 14.2 Å².